The van der Waals surface area contributed by atoms with Gasteiger partial charge in [-0.15, -0.1) is 0 Å². The summed E-state index contributed by atoms with van der Waals surface area (Å²) < 4.78 is 32.6. The maximum atomic E-state index is 13.5. The van der Waals surface area contributed by atoms with Gasteiger partial charge in [-0.1, -0.05) is 24.3 Å². The zero-order chi connectivity index (χ0) is 24.4. The maximum absolute atomic E-state index is 13.5. The Morgan fingerprint density at radius 3 is 2.17 bits per heavy atom. The first kappa shape index (κ1) is 22.7. The van der Waals surface area contributed by atoms with Crippen LogP contribution in [-0.4, -0.2) is 43.5 Å². The zero-order valence-corrected chi connectivity index (χ0v) is 18.8. The van der Waals surface area contributed by atoms with Gasteiger partial charge in [0.1, 0.15) is 17.2 Å². The molecule has 1 saturated heterocycles. The standard InChI is InChI=1S/C27H23F2N3O3/c28-19-7-5-18(6-8-19)25-26(34)22-3-1-2-4-23(22)35-27(25)30-24(33)17-31-13-15-32(16-14-31)21-11-9-20(29)10-12-21/h1-12H,13-17H2,(H,30,33). The molecule has 8 heteroatoms. The number of fused-ring (bicyclic) bond motifs is 1. The molecule has 178 valence electrons. The highest BCUT2D eigenvalue weighted by Crippen LogP contribution is 2.29. The Kier molecular flexibility index (Phi) is 6.29. The molecule has 2 heterocycles. The number of amides is 1. The highest BCUT2D eigenvalue weighted by molar-refractivity contribution is 5.97. The minimum absolute atomic E-state index is 0.0373. The van der Waals surface area contributed by atoms with Crippen molar-refractivity contribution in [3.8, 4) is 11.1 Å². The fourth-order valence-corrected chi connectivity index (χ4v) is 4.29. The largest absolute Gasteiger partial charge is 0.439 e. The number of carbonyl (C=O) groups is 1. The number of nitrogens with zero attached hydrogens (tertiary/aromatic N) is 2. The van der Waals surface area contributed by atoms with Crippen LogP contribution in [0.3, 0.4) is 0 Å². The topological polar surface area (TPSA) is 65.8 Å². The summed E-state index contributed by atoms with van der Waals surface area (Å²) in [5.41, 5.74) is 1.62. The van der Waals surface area contributed by atoms with Crippen molar-refractivity contribution in [2.45, 2.75) is 0 Å². The van der Waals surface area contributed by atoms with E-state index in [-0.39, 0.29) is 35.1 Å². The predicted octanol–water partition coefficient (Wildman–Crippen LogP) is 4.50. The second kappa shape index (κ2) is 9.68. The maximum Gasteiger partial charge on any atom is 0.240 e. The Morgan fingerprint density at radius 2 is 1.49 bits per heavy atom. The molecule has 0 spiro atoms. The van der Waals surface area contributed by atoms with Crippen LogP contribution in [0.15, 0.2) is 82.0 Å². The lowest BCUT2D eigenvalue weighted by molar-refractivity contribution is -0.117. The lowest BCUT2D eigenvalue weighted by atomic mass is 10.0. The smallest absolute Gasteiger partial charge is 0.240 e. The third-order valence-corrected chi connectivity index (χ3v) is 6.11. The molecule has 0 radical (unpaired) electrons. The molecule has 6 nitrogen and oxygen atoms in total. The predicted molar refractivity (Wildman–Crippen MR) is 132 cm³/mol. The van der Waals surface area contributed by atoms with E-state index in [1.54, 1.807) is 36.4 Å². The van der Waals surface area contributed by atoms with Crippen molar-refractivity contribution >= 4 is 28.4 Å². The van der Waals surface area contributed by atoms with Crippen LogP contribution >= 0.6 is 0 Å². The lowest BCUT2D eigenvalue weighted by Crippen LogP contribution is -2.48. The molecule has 35 heavy (non-hydrogen) atoms. The summed E-state index contributed by atoms with van der Waals surface area (Å²) in [5, 5.41) is 3.13. The normalized spacial score (nSPS) is 14.3. The number of halogens is 2. The number of nitrogens with one attached hydrogen (secondary N) is 1. The van der Waals surface area contributed by atoms with Crippen molar-refractivity contribution in [2.75, 3.05) is 42.9 Å². The quantitative estimate of drug-likeness (QED) is 0.461. The molecule has 0 saturated carbocycles. The summed E-state index contributed by atoms with van der Waals surface area (Å²) in [6, 6.07) is 18.7. The zero-order valence-electron chi connectivity index (χ0n) is 18.8. The van der Waals surface area contributed by atoms with Crippen molar-refractivity contribution in [3.63, 3.8) is 0 Å². The fraction of sp³-hybridized carbons (Fsp3) is 0.185. The summed E-state index contributed by atoms with van der Waals surface area (Å²) in [7, 11) is 0. The Balaban J connectivity index is 1.33. The van der Waals surface area contributed by atoms with Gasteiger partial charge in [0.15, 0.2) is 0 Å². The first-order valence-corrected chi connectivity index (χ1v) is 11.3. The van der Waals surface area contributed by atoms with Crippen LogP contribution in [0.25, 0.3) is 22.1 Å². The van der Waals surface area contributed by atoms with E-state index in [4.69, 9.17) is 4.42 Å². The molecular weight excluding hydrogens is 452 g/mol. The van der Waals surface area contributed by atoms with Gasteiger partial charge >= 0.3 is 0 Å². The monoisotopic (exact) mass is 475 g/mol. The van der Waals surface area contributed by atoms with Crippen LogP contribution in [-0.2, 0) is 4.79 Å². The van der Waals surface area contributed by atoms with Crippen molar-refractivity contribution in [1.29, 1.82) is 0 Å². The molecule has 3 aromatic carbocycles. The number of hydrogen-bond acceptors (Lipinski definition) is 5. The van der Waals surface area contributed by atoms with Crippen LogP contribution in [0.1, 0.15) is 0 Å². The third kappa shape index (κ3) is 4.93. The molecule has 4 aromatic rings. The number of para-hydroxylation sites is 1. The first-order chi connectivity index (χ1) is 17.0. The second-order valence-electron chi connectivity index (χ2n) is 8.43. The molecule has 1 amide bonds. The van der Waals surface area contributed by atoms with Gasteiger partial charge in [0.25, 0.3) is 0 Å². The van der Waals surface area contributed by atoms with E-state index in [2.05, 4.69) is 10.2 Å². The van der Waals surface area contributed by atoms with Crippen LogP contribution in [0.5, 0.6) is 0 Å². The summed E-state index contributed by atoms with van der Waals surface area (Å²) in [6.07, 6.45) is 0. The minimum atomic E-state index is -0.427. The van der Waals surface area contributed by atoms with Crippen LogP contribution in [0.2, 0.25) is 0 Å². The van der Waals surface area contributed by atoms with Gasteiger partial charge in [0.05, 0.1) is 17.5 Å². The Bertz CT molecular complexity index is 1410. The Morgan fingerprint density at radius 1 is 0.857 bits per heavy atom. The van der Waals surface area contributed by atoms with E-state index >= 15 is 0 Å². The van der Waals surface area contributed by atoms with E-state index < -0.39 is 5.82 Å². The number of carbonyl (C=O) groups excluding carboxylic acids is 1. The number of hydrogen-bond donors (Lipinski definition) is 1. The molecular formula is C27H23F2N3O3. The lowest BCUT2D eigenvalue weighted by Gasteiger charge is -2.35. The van der Waals surface area contributed by atoms with Gasteiger partial charge in [-0.2, -0.15) is 0 Å². The average molecular weight is 475 g/mol. The minimum Gasteiger partial charge on any atom is -0.439 e. The van der Waals surface area contributed by atoms with Gasteiger partial charge in [-0.05, 0) is 54.1 Å². The van der Waals surface area contributed by atoms with Crippen LogP contribution in [0, 0.1) is 11.6 Å². The molecule has 1 aliphatic heterocycles. The molecule has 1 aromatic heterocycles. The fourth-order valence-electron chi connectivity index (χ4n) is 4.29. The number of benzene rings is 3. The van der Waals surface area contributed by atoms with E-state index in [1.807, 2.05) is 4.90 Å². The second-order valence-corrected chi connectivity index (χ2v) is 8.43. The SMILES string of the molecule is O=C(CN1CCN(c2ccc(F)cc2)CC1)Nc1oc2ccccc2c(=O)c1-c1ccc(F)cc1. The van der Waals surface area contributed by atoms with Gasteiger partial charge in [0.2, 0.25) is 17.2 Å². The number of anilines is 2. The molecule has 0 bridgehead atoms. The molecule has 0 aliphatic carbocycles. The van der Waals surface area contributed by atoms with Gasteiger partial charge in [-0.3, -0.25) is 19.8 Å². The highest BCUT2D eigenvalue weighted by atomic mass is 19.1. The van der Waals surface area contributed by atoms with Crippen LogP contribution < -0.4 is 15.6 Å². The summed E-state index contributed by atoms with van der Waals surface area (Å²) in [6.45, 7) is 2.82. The van der Waals surface area contributed by atoms with Crippen molar-refractivity contribution < 1.29 is 18.0 Å². The third-order valence-electron chi connectivity index (χ3n) is 6.11. The van der Waals surface area contributed by atoms with Gasteiger partial charge < -0.3 is 9.32 Å². The molecule has 0 unspecified atom stereocenters. The molecule has 1 aliphatic rings. The molecule has 0 atom stereocenters. The van der Waals surface area contributed by atoms with Crippen molar-refractivity contribution in [2.24, 2.45) is 0 Å². The summed E-state index contributed by atoms with van der Waals surface area (Å²) in [5.74, 6) is -0.981. The summed E-state index contributed by atoms with van der Waals surface area (Å²) in [4.78, 5) is 30.3. The molecule has 1 N–H and O–H groups in total. The number of rotatable bonds is 5. The summed E-state index contributed by atoms with van der Waals surface area (Å²) >= 11 is 0. The Hall–Kier alpha value is -4.04. The van der Waals surface area contributed by atoms with Gasteiger partial charge in [-0.25, -0.2) is 8.78 Å². The molecule has 1 fully saturated rings. The first-order valence-electron chi connectivity index (χ1n) is 11.3. The van der Waals surface area contributed by atoms with Gasteiger partial charge in [0, 0.05) is 31.9 Å². The molecule has 5 rings (SSSR count). The number of piperazine rings is 1. The van der Waals surface area contributed by atoms with Crippen LogP contribution in [0.4, 0.5) is 20.4 Å². The van der Waals surface area contributed by atoms with E-state index in [0.717, 1.165) is 5.69 Å². The Labute approximate surface area is 200 Å². The van der Waals surface area contributed by atoms with Crippen molar-refractivity contribution in [1.82, 2.24) is 4.90 Å². The highest BCUT2D eigenvalue weighted by Gasteiger charge is 2.22. The van der Waals surface area contributed by atoms with Crippen molar-refractivity contribution in [3.05, 3.63) is 94.7 Å². The van der Waals surface area contributed by atoms with E-state index in [0.29, 0.717) is 42.7 Å². The van der Waals surface area contributed by atoms with E-state index in [9.17, 15) is 18.4 Å². The van der Waals surface area contributed by atoms with E-state index in [1.165, 1.54) is 36.4 Å². The average Bonchev–Trinajstić information content (AvgIpc) is 2.86.